The van der Waals surface area contributed by atoms with Crippen molar-refractivity contribution in [3.05, 3.63) is 0 Å². The molecule has 2 saturated heterocycles. The third kappa shape index (κ3) is 7.23. The van der Waals surface area contributed by atoms with Crippen LogP contribution in [0, 0.1) is 33.0 Å². The Bertz CT molecular complexity index is 1400. The number of rotatable bonds is 11. The summed E-state index contributed by atoms with van der Waals surface area (Å²) in [4.78, 5) is 74.6. The normalized spacial score (nSPS) is 30.5. The summed E-state index contributed by atoms with van der Waals surface area (Å²) in [5.41, 5.74) is 4.26. The minimum absolute atomic E-state index is 0.0577. The first-order valence-corrected chi connectivity index (χ1v) is 19.9. The van der Waals surface area contributed by atoms with E-state index in [0.29, 0.717) is 38.0 Å². The molecule has 0 radical (unpaired) electrons. The Hall–Kier alpha value is -2.73. The summed E-state index contributed by atoms with van der Waals surface area (Å²) < 4.78 is 0. The van der Waals surface area contributed by atoms with Gasteiger partial charge in [-0.1, -0.05) is 81.1 Å². The van der Waals surface area contributed by atoms with Crippen molar-refractivity contribution in [2.24, 2.45) is 38.7 Å². The Labute approximate surface area is 312 Å². The number of fused-ring (bicyclic) bond motifs is 1. The zero-order chi connectivity index (χ0) is 38.8. The predicted molar refractivity (Wildman–Crippen MR) is 202 cm³/mol. The summed E-state index contributed by atoms with van der Waals surface area (Å²) in [6.07, 6.45) is 7.03. The summed E-state index contributed by atoms with van der Waals surface area (Å²) in [5.74, 6) is -2.35. The Balaban J connectivity index is 1.37. The fourth-order valence-corrected chi connectivity index (χ4v) is 10.4. The number of piperazine rings is 1. The average Bonchev–Trinajstić information content (AvgIpc) is 3.20. The highest BCUT2D eigenvalue weighted by Crippen LogP contribution is 2.88. The van der Waals surface area contributed by atoms with Crippen LogP contribution in [0.3, 0.4) is 0 Å². The second-order valence-electron chi connectivity index (χ2n) is 20.1. The monoisotopic (exact) mass is 728 g/mol. The number of urea groups is 1. The number of ketones is 1. The van der Waals surface area contributed by atoms with E-state index in [1.54, 1.807) is 4.90 Å². The van der Waals surface area contributed by atoms with Crippen molar-refractivity contribution in [3.63, 3.8) is 0 Å². The van der Waals surface area contributed by atoms with Gasteiger partial charge in [0.1, 0.15) is 12.1 Å². The van der Waals surface area contributed by atoms with Gasteiger partial charge in [0.05, 0.1) is 6.04 Å². The van der Waals surface area contributed by atoms with Crippen molar-refractivity contribution in [3.8, 4) is 0 Å². The zero-order valence-corrected chi connectivity index (χ0v) is 34.0. The highest BCUT2D eigenvalue weighted by molar-refractivity contribution is 6.37. The fourth-order valence-electron chi connectivity index (χ4n) is 10.4. The van der Waals surface area contributed by atoms with Crippen LogP contribution < -0.4 is 21.7 Å². The standard InChI is InChI=1S/C40H69N7O5/c1-24-20-46(21-25(2)45(24)11)22-29(36(3,4)5)43-35(52)44-31(37(6,7)8)34(51)47-23-40(38(9,10)39(40)16-13-17-39)19-28(47)33(50)42-27(30(48)32(41)49)18-26-14-12-15-26/h24-29,31H,12-23H2,1-11H3,(H2,41,49)(H,42,50)(H2,43,44,52)/t24-,25-,27?,28-,29+,31+,40+/m0/s1. The number of nitrogens with two attached hydrogens (primary N) is 1. The van der Waals surface area contributed by atoms with E-state index in [0.717, 1.165) is 51.6 Å². The molecule has 2 aliphatic heterocycles. The van der Waals surface area contributed by atoms with Crippen LogP contribution in [0.1, 0.15) is 121 Å². The molecule has 52 heavy (non-hydrogen) atoms. The van der Waals surface area contributed by atoms with Gasteiger partial charge in [-0.2, -0.15) is 0 Å². The number of hydrogen-bond donors (Lipinski definition) is 4. The largest absolute Gasteiger partial charge is 0.363 e. The molecule has 12 nitrogen and oxygen atoms in total. The maximum atomic E-state index is 14.9. The Morgan fingerprint density at radius 3 is 1.88 bits per heavy atom. The van der Waals surface area contributed by atoms with Crippen LogP contribution in [-0.2, 0) is 19.2 Å². The lowest BCUT2D eigenvalue weighted by atomic mass is 9.73. The van der Waals surface area contributed by atoms with Gasteiger partial charge in [-0.3, -0.25) is 29.0 Å². The number of likely N-dealkylation sites (N-methyl/N-ethyl adjacent to an activating group) is 1. The molecule has 0 aromatic rings. The molecular weight excluding hydrogens is 658 g/mol. The molecule has 5 aliphatic rings. The number of primary amides is 1. The average molecular weight is 728 g/mol. The summed E-state index contributed by atoms with van der Waals surface area (Å²) >= 11 is 0. The third-order valence-corrected chi connectivity index (χ3v) is 14.7. The van der Waals surface area contributed by atoms with Crippen molar-refractivity contribution in [1.29, 1.82) is 0 Å². The highest BCUT2D eigenvalue weighted by Gasteiger charge is 2.85. The Morgan fingerprint density at radius 2 is 1.44 bits per heavy atom. The molecule has 5 amide bonds. The minimum Gasteiger partial charge on any atom is -0.363 e. The van der Waals surface area contributed by atoms with Crippen LogP contribution in [0.25, 0.3) is 0 Å². The van der Waals surface area contributed by atoms with Gasteiger partial charge in [0.2, 0.25) is 17.6 Å². The van der Waals surface area contributed by atoms with E-state index >= 15 is 0 Å². The van der Waals surface area contributed by atoms with Crippen LogP contribution in [-0.4, -0.2) is 114 Å². The molecule has 2 spiro atoms. The number of nitrogens with one attached hydrogen (secondary N) is 3. The SMILES string of the molecule is C[C@H]1CN(C[C@@H](NC(=O)N[C@H](C(=O)N2C[C@]3(C[C@H]2C(=O)NC(CC2CCC2)C(=O)C(N)=O)C(C)(C)C32CCC2)C(C)(C)C)C(C)(C)C)C[C@H](C)N1C. The number of hydrogen-bond acceptors (Lipinski definition) is 7. The molecular formula is C40H69N7O5. The highest BCUT2D eigenvalue weighted by atomic mass is 16.2. The van der Waals surface area contributed by atoms with Gasteiger partial charge >= 0.3 is 6.03 Å². The van der Waals surface area contributed by atoms with Crippen molar-refractivity contribution in [2.45, 2.75) is 157 Å². The lowest BCUT2D eigenvalue weighted by Gasteiger charge is -2.45. The minimum atomic E-state index is -1.06. The summed E-state index contributed by atoms with van der Waals surface area (Å²) in [7, 11) is 2.16. The Kier molecular flexibility index (Phi) is 11.0. The molecule has 3 aliphatic carbocycles. The van der Waals surface area contributed by atoms with Crippen LogP contribution in [0.2, 0.25) is 0 Å². The molecule has 12 heteroatoms. The van der Waals surface area contributed by atoms with Gasteiger partial charge in [0.15, 0.2) is 0 Å². The molecule has 5 N–H and O–H groups in total. The van der Waals surface area contributed by atoms with E-state index in [2.05, 4.69) is 81.3 Å². The van der Waals surface area contributed by atoms with Crippen LogP contribution in [0.4, 0.5) is 4.79 Å². The molecule has 7 atom stereocenters. The molecule has 5 rings (SSSR count). The predicted octanol–water partition coefficient (Wildman–Crippen LogP) is 3.67. The second kappa shape index (κ2) is 14.2. The lowest BCUT2D eigenvalue weighted by molar-refractivity contribution is -0.143. The molecule has 0 aromatic heterocycles. The first-order chi connectivity index (χ1) is 24.0. The molecule has 3 saturated carbocycles. The number of nitrogens with zero attached hydrogens (tertiary/aromatic N) is 3. The maximum Gasteiger partial charge on any atom is 0.315 e. The second-order valence-corrected chi connectivity index (χ2v) is 20.1. The van der Waals surface area contributed by atoms with E-state index in [1.807, 2.05) is 20.8 Å². The van der Waals surface area contributed by atoms with Crippen LogP contribution in [0.15, 0.2) is 0 Å². The summed E-state index contributed by atoms with van der Waals surface area (Å²) in [5, 5.41) is 9.22. The van der Waals surface area contributed by atoms with E-state index in [1.165, 1.54) is 0 Å². The number of carbonyl (C=O) groups excluding carboxylic acids is 5. The molecule has 1 unspecified atom stereocenters. The lowest BCUT2D eigenvalue weighted by Crippen LogP contribution is -2.63. The van der Waals surface area contributed by atoms with Crippen LogP contribution in [0.5, 0.6) is 0 Å². The number of likely N-dealkylation sites (tertiary alicyclic amines) is 1. The molecule has 0 aromatic carbocycles. The smallest absolute Gasteiger partial charge is 0.315 e. The van der Waals surface area contributed by atoms with E-state index in [4.69, 9.17) is 5.73 Å². The van der Waals surface area contributed by atoms with Gasteiger partial charge in [0.25, 0.3) is 5.91 Å². The number of amides is 5. The third-order valence-electron chi connectivity index (χ3n) is 14.7. The van der Waals surface area contributed by atoms with Gasteiger partial charge in [-0.05, 0) is 74.2 Å². The van der Waals surface area contributed by atoms with Crippen LogP contribution >= 0.6 is 0 Å². The van der Waals surface area contributed by atoms with Gasteiger partial charge < -0.3 is 26.6 Å². The summed E-state index contributed by atoms with van der Waals surface area (Å²) in [6.45, 7) is 24.0. The fraction of sp³-hybridized carbons (Fsp3) is 0.875. The topological polar surface area (TPSA) is 157 Å². The number of Topliss-reactive ketones (excluding diaryl/α,β-unsaturated/α-hetero) is 1. The van der Waals surface area contributed by atoms with E-state index in [9.17, 15) is 24.0 Å². The van der Waals surface area contributed by atoms with Gasteiger partial charge in [0, 0.05) is 49.7 Å². The van der Waals surface area contributed by atoms with Crippen molar-refractivity contribution >= 4 is 29.5 Å². The first kappa shape index (κ1) is 40.5. The van der Waals surface area contributed by atoms with E-state index < -0.39 is 47.2 Å². The molecule has 294 valence electrons. The molecule has 2 heterocycles. The number of carbonyl (C=O) groups is 5. The maximum absolute atomic E-state index is 14.9. The Morgan fingerprint density at radius 1 is 0.846 bits per heavy atom. The van der Waals surface area contributed by atoms with Gasteiger partial charge in [-0.25, -0.2) is 4.79 Å². The first-order valence-electron chi connectivity index (χ1n) is 19.9. The molecule has 5 fully saturated rings. The van der Waals surface area contributed by atoms with E-state index in [-0.39, 0.29) is 39.5 Å². The van der Waals surface area contributed by atoms with Gasteiger partial charge in [-0.15, -0.1) is 0 Å². The summed E-state index contributed by atoms with van der Waals surface area (Å²) in [6, 6.07) is -2.57. The zero-order valence-electron chi connectivity index (χ0n) is 34.0. The van der Waals surface area contributed by atoms with Crippen molar-refractivity contribution < 1.29 is 24.0 Å². The quantitative estimate of drug-likeness (QED) is 0.237. The van der Waals surface area contributed by atoms with Crippen molar-refractivity contribution in [2.75, 3.05) is 33.2 Å². The van der Waals surface area contributed by atoms with Crippen molar-refractivity contribution in [1.82, 2.24) is 30.7 Å². The molecule has 0 bridgehead atoms.